The summed E-state index contributed by atoms with van der Waals surface area (Å²) in [5.74, 6) is 0.929. The zero-order chi connectivity index (χ0) is 16.0. The minimum atomic E-state index is 0.505. The van der Waals surface area contributed by atoms with Gasteiger partial charge in [-0.2, -0.15) is 0 Å². The molecule has 0 bridgehead atoms. The molecule has 1 heterocycles. The number of thiazole rings is 1. The highest BCUT2D eigenvalue weighted by molar-refractivity contribution is 7.09. The quantitative estimate of drug-likeness (QED) is 0.641. The highest BCUT2D eigenvalue weighted by Gasteiger charge is 2.27. The van der Waals surface area contributed by atoms with Crippen LogP contribution < -0.4 is 10.6 Å². The summed E-state index contributed by atoms with van der Waals surface area (Å²) < 4.78 is 0. The fourth-order valence-electron chi connectivity index (χ4n) is 2.80. The van der Waals surface area contributed by atoms with Crippen molar-refractivity contribution in [3.63, 3.8) is 0 Å². The Bertz CT molecular complexity index is 483. The molecule has 1 aliphatic carbocycles. The van der Waals surface area contributed by atoms with Crippen molar-refractivity contribution in [3.05, 3.63) is 16.1 Å². The summed E-state index contributed by atoms with van der Waals surface area (Å²) in [7, 11) is 0. The van der Waals surface area contributed by atoms with E-state index in [0.29, 0.717) is 18.0 Å². The predicted molar refractivity (Wildman–Crippen MR) is 95.5 cm³/mol. The molecule has 0 aromatic carbocycles. The Kier molecular flexibility index (Phi) is 6.24. The van der Waals surface area contributed by atoms with Crippen LogP contribution in [0.15, 0.2) is 10.4 Å². The van der Waals surface area contributed by atoms with Crippen molar-refractivity contribution < 1.29 is 0 Å². The molecule has 0 unspecified atom stereocenters. The van der Waals surface area contributed by atoms with Gasteiger partial charge in [-0.15, -0.1) is 11.3 Å². The molecule has 0 aliphatic heterocycles. The van der Waals surface area contributed by atoms with Gasteiger partial charge in [0.15, 0.2) is 5.96 Å². The molecule has 0 atom stereocenters. The molecular formula is C17H30N4S. The smallest absolute Gasteiger partial charge is 0.191 e. The van der Waals surface area contributed by atoms with Gasteiger partial charge in [0, 0.05) is 18.0 Å². The first kappa shape index (κ1) is 17.3. The lowest BCUT2D eigenvalue weighted by Crippen LogP contribution is -2.45. The van der Waals surface area contributed by atoms with E-state index < -0.39 is 0 Å². The Morgan fingerprint density at radius 3 is 2.68 bits per heavy atom. The van der Waals surface area contributed by atoms with Crippen LogP contribution in [0, 0.1) is 5.41 Å². The third-order valence-corrected chi connectivity index (χ3v) is 5.37. The Hall–Kier alpha value is -1.10. The van der Waals surface area contributed by atoms with Crippen molar-refractivity contribution in [1.29, 1.82) is 0 Å². The number of guanidine groups is 1. The Balaban J connectivity index is 1.90. The standard InChI is InChI=1S/C17H30N4S/c1-5-15-20-14(12-22-15)11-19-16(18-6-2)21-13-7-9-17(3,4)10-8-13/h12-13H,5-11H2,1-4H3,(H2,18,19,21). The van der Waals surface area contributed by atoms with Gasteiger partial charge in [-0.25, -0.2) is 9.98 Å². The first-order valence-corrected chi connectivity index (χ1v) is 9.38. The van der Waals surface area contributed by atoms with Gasteiger partial charge in [-0.3, -0.25) is 0 Å². The third-order valence-electron chi connectivity index (χ3n) is 4.33. The van der Waals surface area contributed by atoms with Crippen LogP contribution in [-0.2, 0) is 13.0 Å². The van der Waals surface area contributed by atoms with Gasteiger partial charge in [0.2, 0.25) is 0 Å². The number of aryl methyl sites for hydroxylation is 1. The van der Waals surface area contributed by atoms with E-state index >= 15 is 0 Å². The second-order valence-corrected chi connectivity index (χ2v) is 7.81. The molecule has 4 nitrogen and oxygen atoms in total. The maximum absolute atomic E-state index is 4.70. The molecule has 22 heavy (non-hydrogen) atoms. The van der Waals surface area contributed by atoms with E-state index in [1.54, 1.807) is 11.3 Å². The van der Waals surface area contributed by atoms with Crippen molar-refractivity contribution in [2.45, 2.75) is 72.4 Å². The average Bonchev–Trinajstić information content (AvgIpc) is 2.95. The maximum atomic E-state index is 4.70. The molecule has 124 valence electrons. The van der Waals surface area contributed by atoms with E-state index in [1.165, 1.54) is 30.7 Å². The molecule has 0 amide bonds. The van der Waals surface area contributed by atoms with Crippen LogP contribution in [0.3, 0.4) is 0 Å². The van der Waals surface area contributed by atoms with Crippen LogP contribution in [0.25, 0.3) is 0 Å². The second-order valence-electron chi connectivity index (χ2n) is 6.86. The van der Waals surface area contributed by atoms with Crippen molar-refractivity contribution in [3.8, 4) is 0 Å². The number of aromatic nitrogens is 1. The van der Waals surface area contributed by atoms with E-state index in [9.17, 15) is 0 Å². The van der Waals surface area contributed by atoms with E-state index in [-0.39, 0.29) is 0 Å². The summed E-state index contributed by atoms with van der Waals surface area (Å²) in [5, 5.41) is 10.3. The molecule has 1 fully saturated rings. The van der Waals surface area contributed by atoms with Crippen LogP contribution >= 0.6 is 11.3 Å². The van der Waals surface area contributed by atoms with E-state index in [4.69, 9.17) is 4.99 Å². The molecule has 2 rings (SSSR count). The summed E-state index contributed by atoms with van der Waals surface area (Å²) in [6.07, 6.45) is 6.04. The Morgan fingerprint density at radius 1 is 1.36 bits per heavy atom. The lowest BCUT2D eigenvalue weighted by molar-refractivity contribution is 0.216. The van der Waals surface area contributed by atoms with E-state index in [1.807, 2.05) is 0 Å². The van der Waals surface area contributed by atoms with Crippen molar-refractivity contribution >= 4 is 17.3 Å². The topological polar surface area (TPSA) is 49.3 Å². The van der Waals surface area contributed by atoms with Gasteiger partial charge >= 0.3 is 0 Å². The van der Waals surface area contributed by atoms with E-state index in [0.717, 1.165) is 24.6 Å². The largest absolute Gasteiger partial charge is 0.357 e. The van der Waals surface area contributed by atoms with Gasteiger partial charge < -0.3 is 10.6 Å². The summed E-state index contributed by atoms with van der Waals surface area (Å²) >= 11 is 1.73. The molecule has 1 saturated carbocycles. The van der Waals surface area contributed by atoms with Crippen molar-refractivity contribution in [2.24, 2.45) is 10.4 Å². The van der Waals surface area contributed by atoms with Gasteiger partial charge in [0.25, 0.3) is 0 Å². The molecule has 2 N–H and O–H groups in total. The lowest BCUT2D eigenvalue weighted by Gasteiger charge is -2.35. The fraction of sp³-hybridized carbons (Fsp3) is 0.765. The monoisotopic (exact) mass is 322 g/mol. The van der Waals surface area contributed by atoms with E-state index in [2.05, 4.69) is 48.7 Å². The predicted octanol–water partition coefficient (Wildman–Crippen LogP) is 3.73. The molecule has 0 spiro atoms. The summed E-state index contributed by atoms with van der Waals surface area (Å²) in [6.45, 7) is 10.5. The van der Waals surface area contributed by atoms with Crippen LogP contribution in [-0.4, -0.2) is 23.5 Å². The number of aliphatic imine (C=N–C) groups is 1. The number of hydrogen-bond donors (Lipinski definition) is 2. The van der Waals surface area contributed by atoms with Gasteiger partial charge in [0.05, 0.1) is 17.2 Å². The van der Waals surface area contributed by atoms with Crippen LogP contribution in [0.4, 0.5) is 0 Å². The number of rotatable bonds is 5. The van der Waals surface area contributed by atoms with Crippen LogP contribution in [0.5, 0.6) is 0 Å². The minimum Gasteiger partial charge on any atom is -0.357 e. The number of hydrogen-bond acceptors (Lipinski definition) is 3. The first-order chi connectivity index (χ1) is 10.5. The molecule has 0 radical (unpaired) electrons. The van der Waals surface area contributed by atoms with Gasteiger partial charge in [0.1, 0.15) is 0 Å². The Labute approximate surface area is 138 Å². The normalized spacial score (nSPS) is 19.2. The summed E-state index contributed by atoms with van der Waals surface area (Å²) in [5.41, 5.74) is 1.58. The zero-order valence-corrected chi connectivity index (χ0v) is 15.2. The highest BCUT2D eigenvalue weighted by Crippen LogP contribution is 2.34. The van der Waals surface area contributed by atoms with Crippen molar-refractivity contribution in [2.75, 3.05) is 6.54 Å². The highest BCUT2D eigenvalue weighted by atomic mass is 32.1. The second kappa shape index (κ2) is 7.95. The Morgan fingerprint density at radius 2 is 2.09 bits per heavy atom. The lowest BCUT2D eigenvalue weighted by atomic mass is 9.75. The number of nitrogens with zero attached hydrogens (tertiary/aromatic N) is 2. The fourth-order valence-corrected chi connectivity index (χ4v) is 3.54. The van der Waals surface area contributed by atoms with Crippen LogP contribution in [0.2, 0.25) is 0 Å². The number of nitrogens with one attached hydrogen (secondary N) is 2. The molecule has 1 aromatic rings. The SMILES string of the molecule is CCNC(=NCc1csc(CC)n1)NC1CCC(C)(C)CC1. The molecular weight excluding hydrogens is 292 g/mol. The van der Waals surface area contributed by atoms with Crippen LogP contribution in [0.1, 0.15) is 64.1 Å². The maximum Gasteiger partial charge on any atom is 0.191 e. The third kappa shape index (κ3) is 5.27. The summed E-state index contributed by atoms with van der Waals surface area (Å²) in [6, 6.07) is 0.549. The average molecular weight is 323 g/mol. The summed E-state index contributed by atoms with van der Waals surface area (Å²) in [4.78, 5) is 9.28. The zero-order valence-electron chi connectivity index (χ0n) is 14.4. The van der Waals surface area contributed by atoms with Crippen molar-refractivity contribution in [1.82, 2.24) is 15.6 Å². The minimum absolute atomic E-state index is 0.505. The molecule has 0 saturated heterocycles. The molecule has 1 aromatic heterocycles. The van der Waals surface area contributed by atoms with Gasteiger partial charge in [-0.1, -0.05) is 20.8 Å². The molecule has 5 heteroatoms. The van der Waals surface area contributed by atoms with Gasteiger partial charge in [-0.05, 0) is 44.4 Å². The molecule has 1 aliphatic rings. The first-order valence-electron chi connectivity index (χ1n) is 8.50.